The average Bonchev–Trinajstić information content (AvgIpc) is 2.63. The van der Waals surface area contributed by atoms with Gasteiger partial charge >= 0.3 is 0 Å². The Morgan fingerprint density at radius 2 is 2.33 bits per heavy atom. The van der Waals surface area contributed by atoms with Crippen LogP contribution in [0, 0.1) is 0 Å². The molecule has 54 valence electrons. The first-order valence-electron chi connectivity index (χ1n) is 2.81. The van der Waals surface area contributed by atoms with Crippen LogP contribution < -0.4 is 0 Å². The summed E-state index contributed by atoms with van der Waals surface area (Å²) in [5.74, 6) is 0. The summed E-state index contributed by atoms with van der Waals surface area (Å²) in [7, 11) is 0. The van der Waals surface area contributed by atoms with E-state index in [0.29, 0.717) is 6.61 Å². The SMILES string of the molecule is OCOCOCC1CO1. The average molecular weight is 134 g/mol. The van der Waals surface area contributed by atoms with E-state index in [1.807, 2.05) is 0 Å². The van der Waals surface area contributed by atoms with Crippen molar-refractivity contribution in [1.82, 2.24) is 0 Å². The summed E-state index contributed by atoms with van der Waals surface area (Å²) in [4.78, 5) is 0. The Bertz CT molecular complexity index is 71.4. The zero-order valence-corrected chi connectivity index (χ0v) is 5.08. The lowest BCUT2D eigenvalue weighted by Gasteiger charge is -1.99. The highest BCUT2D eigenvalue weighted by Gasteiger charge is 2.21. The molecular weight excluding hydrogens is 124 g/mol. The lowest BCUT2D eigenvalue weighted by Crippen LogP contribution is -2.05. The predicted octanol–water partition coefficient (Wildman–Crippen LogP) is -0.674. The first-order valence-corrected chi connectivity index (χ1v) is 2.81. The molecule has 4 nitrogen and oxygen atoms in total. The van der Waals surface area contributed by atoms with Crippen molar-refractivity contribution < 1.29 is 19.3 Å². The van der Waals surface area contributed by atoms with E-state index >= 15 is 0 Å². The molecule has 0 saturated carbocycles. The number of epoxide rings is 1. The largest absolute Gasteiger partial charge is 0.371 e. The molecule has 1 unspecified atom stereocenters. The lowest BCUT2D eigenvalue weighted by atomic mass is 10.5. The maximum atomic E-state index is 8.11. The fraction of sp³-hybridized carbons (Fsp3) is 1.00. The quantitative estimate of drug-likeness (QED) is 0.307. The van der Waals surface area contributed by atoms with Crippen molar-refractivity contribution >= 4 is 0 Å². The second-order valence-corrected chi connectivity index (χ2v) is 1.78. The van der Waals surface area contributed by atoms with Gasteiger partial charge in [0.25, 0.3) is 0 Å². The minimum atomic E-state index is -0.286. The van der Waals surface area contributed by atoms with E-state index in [2.05, 4.69) is 4.74 Å². The van der Waals surface area contributed by atoms with Crippen molar-refractivity contribution in [3.05, 3.63) is 0 Å². The van der Waals surface area contributed by atoms with Gasteiger partial charge in [0.1, 0.15) is 19.7 Å². The molecule has 0 aliphatic carbocycles. The van der Waals surface area contributed by atoms with E-state index in [1.54, 1.807) is 0 Å². The predicted molar refractivity (Wildman–Crippen MR) is 28.7 cm³/mol. The molecule has 1 N–H and O–H groups in total. The van der Waals surface area contributed by atoms with Gasteiger partial charge in [-0.15, -0.1) is 0 Å². The van der Waals surface area contributed by atoms with Crippen molar-refractivity contribution in [2.45, 2.75) is 6.10 Å². The van der Waals surface area contributed by atoms with Crippen LogP contribution in [0.2, 0.25) is 0 Å². The summed E-state index contributed by atoms with van der Waals surface area (Å²) < 4.78 is 14.2. The maximum absolute atomic E-state index is 8.11. The summed E-state index contributed by atoms with van der Waals surface area (Å²) in [6.45, 7) is 1.22. The van der Waals surface area contributed by atoms with E-state index in [1.165, 1.54) is 0 Å². The molecule has 1 aliphatic rings. The number of ether oxygens (including phenoxy) is 3. The van der Waals surface area contributed by atoms with Crippen LogP contribution in [0.5, 0.6) is 0 Å². The van der Waals surface area contributed by atoms with Crippen LogP contribution in [0.4, 0.5) is 0 Å². The summed E-state index contributed by atoms with van der Waals surface area (Å²) in [5.41, 5.74) is 0. The molecule has 1 atom stereocenters. The molecular formula is C5H10O4. The van der Waals surface area contributed by atoms with Crippen molar-refractivity contribution in [2.75, 3.05) is 26.8 Å². The van der Waals surface area contributed by atoms with Gasteiger partial charge in [0, 0.05) is 0 Å². The highest BCUT2D eigenvalue weighted by molar-refractivity contribution is 4.66. The minimum absolute atomic E-state index is 0.149. The zero-order valence-electron chi connectivity index (χ0n) is 5.08. The topological polar surface area (TPSA) is 51.2 Å². The molecule has 0 aromatic heterocycles. The Labute approximate surface area is 53.3 Å². The summed E-state index contributed by atoms with van der Waals surface area (Å²) in [6.07, 6.45) is 0.271. The summed E-state index contributed by atoms with van der Waals surface area (Å²) in [6, 6.07) is 0. The Kier molecular flexibility index (Phi) is 2.93. The number of hydrogen-bond acceptors (Lipinski definition) is 4. The molecule has 4 heteroatoms. The Morgan fingerprint density at radius 3 is 2.89 bits per heavy atom. The summed E-state index contributed by atoms with van der Waals surface area (Å²) >= 11 is 0. The van der Waals surface area contributed by atoms with Gasteiger partial charge < -0.3 is 19.3 Å². The lowest BCUT2D eigenvalue weighted by molar-refractivity contribution is -0.110. The number of rotatable bonds is 5. The van der Waals surface area contributed by atoms with Crippen LogP contribution in [0.15, 0.2) is 0 Å². The van der Waals surface area contributed by atoms with Gasteiger partial charge in [-0.3, -0.25) is 0 Å². The van der Waals surface area contributed by atoms with E-state index in [0.717, 1.165) is 6.61 Å². The van der Waals surface area contributed by atoms with E-state index in [4.69, 9.17) is 14.6 Å². The minimum Gasteiger partial charge on any atom is -0.371 e. The van der Waals surface area contributed by atoms with Crippen molar-refractivity contribution in [3.63, 3.8) is 0 Å². The van der Waals surface area contributed by atoms with Gasteiger partial charge in [0.15, 0.2) is 0 Å². The monoisotopic (exact) mass is 134 g/mol. The van der Waals surface area contributed by atoms with Crippen molar-refractivity contribution in [3.8, 4) is 0 Å². The number of aliphatic hydroxyl groups excluding tert-OH is 1. The van der Waals surface area contributed by atoms with Crippen LogP contribution in [0.1, 0.15) is 0 Å². The number of aliphatic hydroxyl groups is 1. The van der Waals surface area contributed by atoms with Gasteiger partial charge in [0.05, 0.1) is 13.2 Å². The second-order valence-electron chi connectivity index (χ2n) is 1.78. The standard InChI is InChI=1S/C5H10O4/c6-3-8-4-7-1-5-2-9-5/h5-6H,1-4H2. The van der Waals surface area contributed by atoms with E-state index in [9.17, 15) is 0 Å². The molecule has 0 amide bonds. The van der Waals surface area contributed by atoms with Crippen molar-refractivity contribution in [1.29, 1.82) is 0 Å². The molecule has 0 aromatic rings. The molecule has 0 aromatic carbocycles. The molecule has 9 heavy (non-hydrogen) atoms. The molecule has 0 radical (unpaired) electrons. The van der Waals surface area contributed by atoms with Crippen molar-refractivity contribution in [2.24, 2.45) is 0 Å². The molecule has 0 spiro atoms. The zero-order chi connectivity index (χ0) is 6.53. The molecule has 1 rings (SSSR count). The molecule has 1 aliphatic heterocycles. The van der Waals surface area contributed by atoms with Gasteiger partial charge in [-0.05, 0) is 0 Å². The van der Waals surface area contributed by atoms with Crippen LogP contribution >= 0.6 is 0 Å². The Morgan fingerprint density at radius 1 is 1.56 bits per heavy atom. The Balaban J connectivity index is 1.71. The van der Waals surface area contributed by atoms with Gasteiger partial charge in [-0.2, -0.15) is 0 Å². The number of hydrogen-bond donors (Lipinski definition) is 1. The van der Waals surface area contributed by atoms with Gasteiger partial charge in [-0.25, -0.2) is 0 Å². The van der Waals surface area contributed by atoms with Gasteiger partial charge in [0.2, 0.25) is 0 Å². The maximum Gasteiger partial charge on any atom is 0.149 e. The Hall–Kier alpha value is -0.160. The third-order valence-electron chi connectivity index (χ3n) is 0.964. The highest BCUT2D eigenvalue weighted by atomic mass is 16.7. The highest BCUT2D eigenvalue weighted by Crippen LogP contribution is 2.07. The third-order valence-corrected chi connectivity index (χ3v) is 0.964. The van der Waals surface area contributed by atoms with Gasteiger partial charge in [-0.1, -0.05) is 0 Å². The summed E-state index contributed by atoms with van der Waals surface area (Å²) in [5, 5.41) is 8.11. The first-order chi connectivity index (χ1) is 4.43. The third kappa shape index (κ3) is 3.42. The van der Waals surface area contributed by atoms with Crippen LogP contribution in [-0.2, 0) is 14.2 Å². The first kappa shape index (κ1) is 6.95. The molecule has 1 heterocycles. The molecule has 1 saturated heterocycles. The molecule has 0 bridgehead atoms. The van der Waals surface area contributed by atoms with Crippen LogP contribution in [-0.4, -0.2) is 38.0 Å². The van der Waals surface area contributed by atoms with Crippen LogP contribution in [0.3, 0.4) is 0 Å². The van der Waals surface area contributed by atoms with Crippen LogP contribution in [0.25, 0.3) is 0 Å². The fourth-order valence-electron chi connectivity index (χ4n) is 0.440. The fourth-order valence-corrected chi connectivity index (χ4v) is 0.440. The second kappa shape index (κ2) is 3.79. The smallest absolute Gasteiger partial charge is 0.149 e. The van der Waals surface area contributed by atoms with E-state index < -0.39 is 0 Å². The normalized spacial score (nSPS) is 24.3. The molecule has 1 fully saturated rings. The van der Waals surface area contributed by atoms with E-state index in [-0.39, 0.29) is 19.7 Å².